The first-order valence-electron chi connectivity index (χ1n) is 5.71. The molecule has 0 aliphatic rings. The first-order chi connectivity index (χ1) is 9.04. The maximum Gasteiger partial charge on any atom is 0.336 e. The second-order valence-electron chi connectivity index (χ2n) is 4.15. The van der Waals surface area contributed by atoms with E-state index in [9.17, 15) is 14.3 Å². The first kappa shape index (κ1) is 13.1. The van der Waals surface area contributed by atoms with Gasteiger partial charge in [-0.25, -0.2) is 9.18 Å². The topological polar surface area (TPSA) is 46.5 Å². The molecule has 0 fully saturated rings. The Morgan fingerprint density at radius 2 is 1.89 bits per heavy atom. The van der Waals surface area contributed by atoms with Gasteiger partial charge in [0.2, 0.25) is 0 Å². The molecule has 0 aliphatic heterocycles. The van der Waals surface area contributed by atoms with Crippen LogP contribution in [0.5, 0.6) is 5.75 Å². The highest BCUT2D eigenvalue weighted by atomic mass is 19.1. The van der Waals surface area contributed by atoms with E-state index in [0.717, 1.165) is 0 Å². The summed E-state index contributed by atoms with van der Waals surface area (Å²) in [5.41, 5.74) is 1.23. The normalized spacial score (nSPS) is 10.3. The van der Waals surface area contributed by atoms with Gasteiger partial charge in [-0.15, -0.1) is 0 Å². The van der Waals surface area contributed by atoms with Crippen LogP contribution < -0.4 is 4.74 Å². The number of halogens is 1. The number of ether oxygens (including phenoxy) is 1. The van der Waals surface area contributed by atoms with Gasteiger partial charge in [0, 0.05) is 11.1 Å². The second-order valence-corrected chi connectivity index (χ2v) is 4.15. The van der Waals surface area contributed by atoms with Crippen LogP contribution in [-0.2, 0) is 0 Å². The summed E-state index contributed by atoms with van der Waals surface area (Å²) < 4.78 is 18.9. The van der Waals surface area contributed by atoms with Crippen LogP contribution in [0.15, 0.2) is 36.4 Å². The van der Waals surface area contributed by atoms with Gasteiger partial charge in [0.25, 0.3) is 0 Å². The van der Waals surface area contributed by atoms with Crippen LogP contribution in [-0.4, -0.2) is 18.2 Å². The Hall–Kier alpha value is -2.36. The highest BCUT2D eigenvalue weighted by Gasteiger charge is 2.17. The van der Waals surface area contributed by atoms with Gasteiger partial charge in [0.05, 0.1) is 12.7 Å². The molecule has 0 spiro atoms. The van der Waals surface area contributed by atoms with Crippen LogP contribution in [0.25, 0.3) is 11.1 Å². The van der Waals surface area contributed by atoms with Gasteiger partial charge in [-0.3, -0.25) is 0 Å². The molecule has 0 heterocycles. The molecule has 1 N–H and O–H groups in total. The summed E-state index contributed by atoms with van der Waals surface area (Å²) >= 11 is 0. The zero-order valence-electron chi connectivity index (χ0n) is 10.6. The fourth-order valence-corrected chi connectivity index (χ4v) is 1.95. The molecule has 98 valence electrons. The molecule has 0 aromatic heterocycles. The lowest BCUT2D eigenvalue weighted by atomic mass is 9.96. The van der Waals surface area contributed by atoms with Gasteiger partial charge in [-0.05, 0) is 30.7 Å². The van der Waals surface area contributed by atoms with E-state index in [0.29, 0.717) is 22.4 Å². The van der Waals surface area contributed by atoms with E-state index in [2.05, 4.69) is 0 Å². The summed E-state index contributed by atoms with van der Waals surface area (Å²) in [6.45, 7) is 1.54. The molecule has 0 unspecified atom stereocenters. The summed E-state index contributed by atoms with van der Waals surface area (Å²) in [5, 5.41) is 9.24. The fourth-order valence-electron chi connectivity index (χ4n) is 1.95. The maximum atomic E-state index is 13.7. The smallest absolute Gasteiger partial charge is 0.336 e. The lowest BCUT2D eigenvalue weighted by Gasteiger charge is -2.12. The number of rotatable bonds is 3. The molecule has 0 radical (unpaired) electrons. The molecular formula is C15H13FO3. The summed E-state index contributed by atoms with van der Waals surface area (Å²) in [5.74, 6) is -1.02. The number of aryl methyl sites for hydroxylation is 1. The number of aromatic carboxylic acids is 1. The SMILES string of the molecule is COc1ccccc1-c1cc(F)c(C)cc1C(=O)O. The molecule has 19 heavy (non-hydrogen) atoms. The number of carbonyl (C=O) groups is 1. The van der Waals surface area contributed by atoms with E-state index in [4.69, 9.17) is 4.74 Å². The van der Waals surface area contributed by atoms with E-state index in [-0.39, 0.29) is 5.56 Å². The van der Waals surface area contributed by atoms with E-state index < -0.39 is 11.8 Å². The molecule has 0 saturated carbocycles. The average molecular weight is 260 g/mol. The standard InChI is InChI=1S/C15H13FO3/c1-9-7-12(15(17)18)11(8-13(9)16)10-5-3-4-6-14(10)19-2/h3-8H,1-2H3,(H,17,18). The molecular weight excluding hydrogens is 247 g/mol. The van der Waals surface area contributed by atoms with Gasteiger partial charge < -0.3 is 9.84 Å². The zero-order valence-corrected chi connectivity index (χ0v) is 10.6. The van der Waals surface area contributed by atoms with E-state index in [1.54, 1.807) is 24.3 Å². The van der Waals surface area contributed by atoms with Crippen LogP contribution in [0.3, 0.4) is 0 Å². The van der Waals surface area contributed by atoms with Gasteiger partial charge >= 0.3 is 5.97 Å². The van der Waals surface area contributed by atoms with Gasteiger partial charge in [0.15, 0.2) is 0 Å². The molecule has 4 heteroatoms. The Bertz CT molecular complexity index is 635. The summed E-state index contributed by atoms with van der Waals surface area (Å²) in [7, 11) is 1.49. The van der Waals surface area contributed by atoms with Crippen molar-refractivity contribution in [2.75, 3.05) is 7.11 Å². The maximum absolute atomic E-state index is 13.7. The van der Waals surface area contributed by atoms with Crippen LogP contribution in [0.1, 0.15) is 15.9 Å². The van der Waals surface area contributed by atoms with E-state index >= 15 is 0 Å². The number of para-hydroxylation sites is 1. The van der Waals surface area contributed by atoms with Gasteiger partial charge in [-0.2, -0.15) is 0 Å². The Balaban J connectivity index is 2.74. The summed E-state index contributed by atoms with van der Waals surface area (Å²) in [6, 6.07) is 9.50. The largest absolute Gasteiger partial charge is 0.496 e. The number of carboxylic acid groups (broad SMARTS) is 1. The molecule has 2 rings (SSSR count). The van der Waals surface area contributed by atoms with Crippen molar-refractivity contribution >= 4 is 5.97 Å². The number of carboxylic acids is 1. The third-order valence-corrected chi connectivity index (χ3v) is 2.93. The molecule has 0 amide bonds. The predicted octanol–water partition coefficient (Wildman–Crippen LogP) is 3.51. The van der Waals surface area contributed by atoms with Crippen molar-refractivity contribution in [3.63, 3.8) is 0 Å². The molecule has 2 aromatic rings. The molecule has 0 saturated heterocycles. The van der Waals surface area contributed by atoms with E-state index in [1.165, 1.54) is 26.2 Å². The van der Waals surface area contributed by atoms with Crippen molar-refractivity contribution in [1.29, 1.82) is 0 Å². The predicted molar refractivity (Wildman–Crippen MR) is 70.1 cm³/mol. The van der Waals surface area contributed by atoms with Crippen molar-refractivity contribution in [1.82, 2.24) is 0 Å². The number of methoxy groups -OCH3 is 1. The van der Waals surface area contributed by atoms with Crippen molar-refractivity contribution in [2.24, 2.45) is 0 Å². The monoisotopic (exact) mass is 260 g/mol. The minimum Gasteiger partial charge on any atom is -0.496 e. The highest BCUT2D eigenvalue weighted by Crippen LogP contribution is 2.33. The first-order valence-corrected chi connectivity index (χ1v) is 5.71. The fraction of sp³-hybridized carbons (Fsp3) is 0.133. The third-order valence-electron chi connectivity index (χ3n) is 2.93. The quantitative estimate of drug-likeness (QED) is 0.918. The summed E-state index contributed by atoms with van der Waals surface area (Å²) in [4.78, 5) is 11.3. The Morgan fingerprint density at radius 1 is 1.21 bits per heavy atom. The number of hydrogen-bond acceptors (Lipinski definition) is 2. The minimum absolute atomic E-state index is 0.0587. The van der Waals surface area contributed by atoms with Crippen molar-refractivity contribution in [3.8, 4) is 16.9 Å². The lowest BCUT2D eigenvalue weighted by molar-refractivity contribution is 0.0697. The van der Waals surface area contributed by atoms with Gasteiger partial charge in [-0.1, -0.05) is 18.2 Å². The lowest BCUT2D eigenvalue weighted by Crippen LogP contribution is -2.02. The van der Waals surface area contributed by atoms with Crippen LogP contribution in [0.2, 0.25) is 0 Å². The minimum atomic E-state index is -1.09. The second kappa shape index (κ2) is 5.10. The van der Waals surface area contributed by atoms with Crippen molar-refractivity contribution in [2.45, 2.75) is 6.92 Å². The Morgan fingerprint density at radius 3 is 2.53 bits per heavy atom. The molecule has 0 bridgehead atoms. The molecule has 2 aromatic carbocycles. The summed E-state index contributed by atoms with van der Waals surface area (Å²) in [6.07, 6.45) is 0. The zero-order chi connectivity index (χ0) is 14.0. The molecule has 3 nitrogen and oxygen atoms in total. The van der Waals surface area contributed by atoms with Crippen molar-refractivity contribution in [3.05, 3.63) is 53.3 Å². The molecule has 0 atom stereocenters. The van der Waals surface area contributed by atoms with Crippen LogP contribution in [0.4, 0.5) is 4.39 Å². The number of hydrogen-bond donors (Lipinski definition) is 1. The Kier molecular flexibility index (Phi) is 3.51. The van der Waals surface area contributed by atoms with Crippen LogP contribution in [0, 0.1) is 12.7 Å². The number of benzene rings is 2. The Labute approximate surface area is 110 Å². The average Bonchev–Trinajstić information content (AvgIpc) is 2.41. The van der Waals surface area contributed by atoms with Gasteiger partial charge in [0.1, 0.15) is 11.6 Å². The van der Waals surface area contributed by atoms with Crippen LogP contribution >= 0.6 is 0 Å². The molecule has 0 aliphatic carbocycles. The third kappa shape index (κ3) is 2.42. The van der Waals surface area contributed by atoms with E-state index in [1.807, 2.05) is 0 Å². The highest BCUT2D eigenvalue weighted by molar-refractivity contribution is 5.97. The van der Waals surface area contributed by atoms with Crippen molar-refractivity contribution < 1.29 is 19.0 Å².